The summed E-state index contributed by atoms with van der Waals surface area (Å²) in [7, 11) is -1.93. The fourth-order valence-electron chi connectivity index (χ4n) is 3.40. The molecule has 0 radical (unpaired) electrons. The van der Waals surface area contributed by atoms with E-state index in [-0.39, 0.29) is 29.9 Å². The molecule has 1 aromatic heterocycles. The SMILES string of the molecule is CC(C)(C)[Si](C)(C)O[C@@H]1C[C@@H](/C=C\c2cccnc2)N(C(=O)OCc2ccccc2)C1. The second-order valence-corrected chi connectivity index (χ2v) is 14.4. The standard InChI is InChI=1S/C25H34N2O3Si/c1-25(2,3)31(4,5)30-23-16-22(14-13-20-12-9-15-26-17-20)27(18-23)24(28)29-19-21-10-7-6-8-11-21/h6-15,17,22-23H,16,18-19H2,1-5H3/b14-13-/t22-,23-/m1/s1. The van der Waals surface area contributed by atoms with Gasteiger partial charge in [0.25, 0.3) is 0 Å². The van der Waals surface area contributed by atoms with Crippen molar-refractivity contribution in [3.8, 4) is 0 Å². The Kier molecular flexibility index (Phi) is 7.33. The molecule has 2 atom stereocenters. The first-order valence-electron chi connectivity index (χ1n) is 10.9. The summed E-state index contributed by atoms with van der Waals surface area (Å²) in [5.74, 6) is 0. The van der Waals surface area contributed by atoms with Crippen LogP contribution in [0, 0.1) is 0 Å². The molecule has 1 aliphatic heterocycles. The van der Waals surface area contributed by atoms with Gasteiger partial charge in [-0.05, 0) is 41.7 Å². The summed E-state index contributed by atoms with van der Waals surface area (Å²) < 4.78 is 12.3. The normalized spacial score (nSPS) is 19.7. The third kappa shape index (κ3) is 6.28. The predicted molar refractivity (Wildman–Crippen MR) is 127 cm³/mol. The lowest BCUT2D eigenvalue weighted by Crippen LogP contribution is -2.44. The third-order valence-corrected chi connectivity index (χ3v) is 10.7. The number of ether oxygens (including phenoxy) is 1. The molecule has 2 aromatic rings. The number of amides is 1. The van der Waals surface area contributed by atoms with Gasteiger partial charge in [-0.15, -0.1) is 0 Å². The number of likely N-dealkylation sites (tertiary alicyclic amines) is 1. The number of carbonyl (C=O) groups excluding carboxylic acids is 1. The van der Waals surface area contributed by atoms with Gasteiger partial charge in [0.1, 0.15) is 6.61 Å². The van der Waals surface area contributed by atoms with Crippen LogP contribution in [0.4, 0.5) is 4.79 Å². The van der Waals surface area contributed by atoms with Gasteiger partial charge in [0.15, 0.2) is 8.32 Å². The molecule has 166 valence electrons. The van der Waals surface area contributed by atoms with Crippen LogP contribution in [0.15, 0.2) is 60.9 Å². The molecule has 1 saturated heterocycles. The predicted octanol–water partition coefficient (Wildman–Crippen LogP) is 5.90. The van der Waals surface area contributed by atoms with E-state index in [1.54, 1.807) is 11.1 Å². The van der Waals surface area contributed by atoms with E-state index < -0.39 is 8.32 Å². The zero-order chi connectivity index (χ0) is 22.5. The van der Waals surface area contributed by atoms with Crippen LogP contribution in [0.3, 0.4) is 0 Å². The Hall–Kier alpha value is -2.44. The maximum atomic E-state index is 13.0. The van der Waals surface area contributed by atoms with Gasteiger partial charge in [-0.2, -0.15) is 0 Å². The maximum absolute atomic E-state index is 13.0. The minimum absolute atomic E-state index is 0.00807. The molecular weight excluding hydrogens is 404 g/mol. The first-order chi connectivity index (χ1) is 14.7. The van der Waals surface area contributed by atoms with Crippen LogP contribution >= 0.6 is 0 Å². The zero-order valence-electron chi connectivity index (χ0n) is 19.2. The Morgan fingerprint density at radius 1 is 1.19 bits per heavy atom. The number of nitrogens with zero attached hydrogens (tertiary/aromatic N) is 2. The van der Waals surface area contributed by atoms with E-state index in [4.69, 9.17) is 9.16 Å². The Morgan fingerprint density at radius 2 is 1.94 bits per heavy atom. The largest absolute Gasteiger partial charge is 0.445 e. The van der Waals surface area contributed by atoms with Crippen molar-refractivity contribution >= 4 is 20.5 Å². The number of pyridine rings is 1. The van der Waals surface area contributed by atoms with Gasteiger partial charge in [0.05, 0.1) is 12.1 Å². The maximum Gasteiger partial charge on any atom is 0.410 e. The number of rotatable bonds is 6. The molecule has 0 saturated carbocycles. The molecule has 1 aliphatic rings. The molecule has 0 bridgehead atoms. The molecule has 0 unspecified atom stereocenters. The van der Waals surface area contributed by atoms with Crippen molar-refractivity contribution < 1.29 is 14.0 Å². The monoisotopic (exact) mass is 438 g/mol. The van der Waals surface area contributed by atoms with E-state index in [2.05, 4.69) is 44.9 Å². The highest BCUT2D eigenvalue weighted by Crippen LogP contribution is 2.39. The van der Waals surface area contributed by atoms with Crippen molar-refractivity contribution in [1.29, 1.82) is 0 Å². The average molecular weight is 439 g/mol. The number of aromatic nitrogens is 1. The smallest absolute Gasteiger partial charge is 0.410 e. The van der Waals surface area contributed by atoms with E-state index in [0.29, 0.717) is 6.54 Å². The van der Waals surface area contributed by atoms with Crippen LogP contribution in [0.2, 0.25) is 18.1 Å². The van der Waals surface area contributed by atoms with E-state index in [1.807, 2.05) is 54.7 Å². The van der Waals surface area contributed by atoms with Gasteiger partial charge in [-0.1, -0.05) is 69.3 Å². The summed E-state index contributed by atoms with van der Waals surface area (Å²) in [6.07, 6.45) is 8.12. The second-order valence-electron chi connectivity index (χ2n) is 9.64. The number of benzene rings is 1. The van der Waals surface area contributed by atoms with Crippen molar-refractivity contribution in [3.63, 3.8) is 0 Å². The third-order valence-electron chi connectivity index (χ3n) is 6.21. The quantitative estimate of drug-likeness (QED) is 0.527. The molecule has 5 nitrogen and oxygen atoms in total. The summed E-state index contributed by atoms with van der Waals surface area (Å²) in [5.41, 5.74) is 1.99. The first-order valence-corrected chi connectivity index (χ1v) is 13.8. The van der Waals surface area contributed by atoms with Gasteiger partial charge in [0.2, 0.25) is 0 Å². The Labute approximate surface area is 187 Å². The van der Waals surface area contributed by atoms with Gasteiger partial charge in [-0.3, -0.25) is 9.88 Å². The topological polar surface area (TPSA) is 51.7 Å². The minimum atomic E-state index is -1.93. The lowest BCUT2D eigenvalue weighted by molar-refractivity contribution is 0.0927. The summed E-state index contributed by atoms with van der Waals surface area (Å²) in [4.78, 5) is 18.9. The summed E-state index contributed by atoms with van der Waals surface area (Å²) in [6.45, 7) is 12.0. The van der Waals surface area contributed by atoms with E-state index in [9.17, 15) is 4.79 Å². The molecule has 6 heteroatoms. The lowest BCUT2D eigenvalue weighted by atomic mass is 10.1. The van der Waals surface area contributed by atoms with Crippen molar-refractivity contribution in [1.82, 2.24) is 9.88 Å². The number of hydrogen-bond donors (Lipinski definition) is 0. The van der Waals surface area contributed by atoms with Crippen LogP contribution < -0.4 is 0 Å². The molecule has 0 N–H and O–H groups in total. The van der Waals surface area contributed by atoms with E-state index in [1.165, 1.54) is 0 Å². The van der Waals surface area contributed by atoms with Gasteiger partial charge < -0.3 is 9.16 Å². The molecule has 0 spiro atoms. The zero-order valence-corrected chi connectivity index (χ0v) is 20.2. The molecular formula is C25H34N2O3Si. The fraction of sp³-hybridized carbons (Fsp3) is 0.440. The first kappa shape index (κ1) is 23.2. The summed E-state index contributed by atoms with van der Waals surface area (Å²) in [6, 6.07) is 13.6. The van der Waals surface area contributed by atoms with Crippen LogP contribution in [-0.4, -0.2) is 43.0 Å². The van der Waals surface area contributed by atoms with Crippen molar-refractivity contribution in [2.24, 2.45) is 0 Å². The van der Waals surface area contributed by atoms with Crippen molar-refractivity contribution in [2.75, 3.05) is 6.54 Å². The highest BCUT2D eigenvalue weighted by Gasteiger charge is 2.43. The lowest BCUT2D eigenvalue weighted by Gasteiger charge is -2.38. The van der Waals surface area contributed by atoms with Crippen LogP contribution in [-0.2, 0) is 15.8 Å². The van der Waals surface area contributed by atoms with Gasteiger partial charge in [-0.25, -0.2) is 4.79 Å². The Balaban J connectivity index is 1.72. The molecule has 1 fully saturated rings. The van der Waals surface area contributed by atoms with Gasteiger partial charge >= 0.3 is 6.09 Å². The van der Waals surface area contributed by atoms with Crippen LogP contribution in [0.5, 0.6) is 0 Å². The minimum Gasteiger partial charge on any atom is -0.445 e. The number of hydrogen-bond acceptors (Lipinski definition) is 4. The molecule has 2 heterocycles. The Morgan fingerprint density at radius 3 is 2.58 bits per heavy atom. The molecule has 1 aromatic carbocycles. The number of carbonyl (C=O) groups is 1. The second kappa shape index (κ2) is 9.79. The highest BCUT2D eigenvalue weighted by molar-refractivity contribution is 6.74. The van der Waals surface area contributed by atoms with Crippen LogP contribution in [0.25, 0.3) is 6.08 Å². The van der Waals surface area contributed by atoms with E-state index >= 15 is 0 Å². The molecule has 31 heavy (non-hydrogen) atoms. The molecule has 1 amide bonds. The van der Waals surface area contributed by atoms with Crippen molar-refractivity contribution in [3.05, 3.63) is 72.1 Å². The van der Waals surface area contributed by atoms with Gasteiger partial charge in [0, 0.05) is 18.9 Å². The Bertz CT molecular complexity index is 879. The van der Waals surface area contributed by atoms with Crippen molar-refractivity contribution in [2.45, 2.75) is 64.1 Å². The molecule has 0 aliphatic carbocycles. The molecule has 3 rings (SSSR count). The summed E-state index contributed by atoms with van der Waals surface area (Å²) >= 11 is 0. The average Bonchev–Trinajstić information content (AvgIpc) is 3.13. The van der Waals surface area contributed by atoms with Crippen LogP contribution in [0.1, 0.15) is 38.3 Å². The van der Waals surface area contributed by atoms with E-state index in [0.717, 1.165) is 17.5 Å². The summed E-state index contributed by atoms with van der Waals surface area (Å²) in [5, 5.41) is 0.120. The highest BCUT2D eigenvalue weighted by atomic mass is 28.4. The fourth-order valence-corrected chi connectivity index (χ4v) is 4.75.